The average molecular weight is 326 g/mol. The van der Waals surface area contributed by atoms with Crippen LogP contribution >= 0.6 is 15.9 Å². The number of esters is 1. The van der Waals surface area contributed by atoms with E-state index >= 15 is 0 Å². The molecule has 0 saturated carbocycles. The average Bonchev–Trinajstić information content (AvgIpc) is 2.75. The van der Waals surface area contributed by atoms with Gasteiger partial charge in [-0.25, -0.2) is 4.79 Å². The van der Waals surface area contributed by atoms with Gasteiger partial charge in [0.1, 0.15) is 5.54 Å². The molecule has 102 valence electrons. The zero-order chi connectivity index (χ0) is 13.9. The van der Waals surface area contributed by atoms with E-state index in [1.807, 2.05) is 24.3 Å². The predicted octanol–water partition coefficient (Wildman–Crippen LogP) is 2.20. The van der Waals surface area contributed by atoms with Crippen LogP contribution in [0.4, 0.5) is 0 Å². The van der Waals surface area contributed by atoms with Crippen LogP contribution in [0.3, 0.4) is 0 Å². The van der Waals surface area contributed by atoms with Gasteiger partial charge in [-0.05, 0) is 31.0 Å². The zero-order valence-electron chi connectivity index (χ0n) is 10.7. The van der Waals surface area contributed by atoms with Gasteiger partial charge in [0.05, 0.1) is 6.61 Å². The summed E-state index contributed by atoms with van der Waals surface area (Å²) in [5.41, 5.74) is 0.0967. The summed E-state index contributed by atoms with van der Waals surface area (Å²) in [6.07, 6.45) is 1.32. The fraction of sp³-hybridized carbons (Fsp3) is 0.429. The van der Waals surface area contributed by atoms with Gasteiger partial charge in [0.15, 0.2) is 0 Å². The van der Waals surface area contributed by atoms with E-state index in [0.29, 0.717) is 25.9 Å². The van der Waals surface area contributed by atoms with E-state index in [0.717, 1.165) is 10.0 Å². The maximum atomic E-state index is 12.1. The van der Waals surface area contributed by atoms with Gasteiger partial charge in [-0.3, -0.25) is 4.79 Å². The molecule has 1 aliphatic rings. The first-order valence-electron chi connectivity index (χ1n) is 6.28. The van der Waals surface area contributed by atoms with Crippen molar-refractivity contribution in [3.8, 4) is 0 Å². The molecule has 1 unspecified atom stereocenters. The number of carbonyl (C=O) groups excluding carboxylic acids is 2. The van der Waals surface area contributed by atoms with E-state index < -0.39 is 5.54 Å². The maximum absolute atomic E-state index is 12.1. The number of halogens is 1. The zero-order valence-corrected chi connectivity index (χ0v) is 12.3. The normalized spacial score (nSPS) is 22.1. The summed E-state index contributed by atoms with van der Waals surface area (Å²) in [4.78, 5) is 23.6. The van der Waals surface area contributed by atoms with Crippen molar-refractivity contribution >= 4 is 27.8 Å². The number of amides is 1. The standard InChI is InChI=1S/C14H16BrNO3/c1-2-19-13(18)14(8-7-12(17)16-14)9-10-3-5-11(15)6-4-10/h3-6H,2,7-9H2,1H3,(H,16,17). The molecule has 1 saturated heterocycles. The van der Waals surface area contributed by atoms with E-state index in [2.05, 4.69) is 21.2 Å². The van der Waals surface area contributed by atoms with Crippen LogP contribution in [0, 0.1) is 0 Å². The molecule has 0 spiro atoms. The summed E-state index contributed by atoms with van der Waals surface area (Å²) >= 11 is 3.37. The first kappa shape index (κ1) is 14.1. The van der Waals surface area contributed by atoms with Gasteiger partial charge in [0.2, 0.25) is 5.91 Å². The lowest BCUT2D eigenvalue weighted by atomic mass is 9.89. The second kappa shape index (κ2) is 5.74. The number of hydrogen-bond donors (Lipinski definition) is 1. The Balaban J connectivity index is 2.21. The van der Waals surface area contributed by atoms with Crippen molar-refractivity contribution in [3.63, 3.8) is 0 Å². The molecule has 1 aliphatic heterocycles. The maximum Gasteiger partial charge on any atom is 0.332 e. The van der Waals surface area contributed by atoms with Gasteiger partial charge in [-0.1, -0.05) is 28.1 Å². The lowest BCUT2D eigenvalue weighted by molar-refractivity contribution is -0.151. The predicted molar refractivity (Wildman–Crippen MR) is 74.6 cm³/mol. The molecule has 1 N–H and O–H groups in total. The Morgan fingerprint density at radius 3 is 2.63 bits per heavy atom. The van der Waals surface area contributed by atoms with Crippen molar-refractivity contribution in [2.24, 2.45) is 0 Å². The molecule has 0 radical (unpaired) electrons. The van der Waals surface area contributed by atoms with Crippen molar-refractivity contribution in [1.82, 2.24) is 5.32 Å². The molecule has 2 rings (SSSR count). The summed E-state index contributed by atoms with van der Waals surface area (Å²) in [6.45, 7) is 2.08. The van der Waals surface area contributed by atoms with E-state index in [4.69, 9.17) is 4.74 Å². The lowest BCUT2D eigenvalue weighted by Crippen LogP contribution is -2.51. The molecule has 4 nitrogen and oxygen atoms in total. The molecule has 5 heteroatoms. The SMILES string of the molecule is CCOC(=O)C1(Cc2ccc(Br)cc2)CCC(=O)N1. The Labute approximate surface area is 120 Å². The Morgan fingerprint density at radius 1 is 1.42 bits per heavy atom. The smallest absolute Gasteiger partial charge is 0.332 e. The molecular weight excluding hydrogens is 310 g/mol. The topological polar surface area (TPSA) is 55.4 Å². The number of rotatable bonds is 4. The van der Waals surface area contributed by atoms with Crippen LogP contribution in [-0.2, 0) is 20.7 Å². The van der Waals surface area contributed by atoms with Crippen molar-refractivity contribution in [2.45, 2.75) is 31.7 Å². The third-order valence-electron chi connectivity index (χ3n) is 3.24. The Morgan fingerprint density at radius 2 is 2.11 bits per heavy atom. The minimum Gasteiger partial charge on any atom is -0.464 e. The van der Waals surface area contributed by atoms with Gasteiger partial charge in [0, 0.05) is 17.3 Å². The van der Waals surface area contributed by atoms with Crippen LogP contribution in [-0.4, -0.2) is 24.0 Å². The highest BCUT2D eigenvalue weighted by Crippen LogP contribution is 2.27. The summed E-state index contributed by atoms with van der Waals surface area (Å²) in [5.74, 6) is -0.436. The molecule has 1 heterocycles. The van der Waals surface area contributed by atoms with Crippen molar-refractivity contribution in [2.75, 3.05) is 6.61 Å². The molecule has 0 aliphatic carbocycles. The number of benzene rings is 1. The third-order valence-corrected chi connectivity index (χ3v) is 3.77. The summed E-state index contributed by atoms with van der Waals surface area (Å²) in [7, 11) is 0. The van der Waals surface area contributed by atoms with Crippen molar-refractivity contribution in [1.29, 1.82) is 0 Å². The van der Waals surface area contributed by atoms with Crippen LogP contribution in [0.1, 0.15) is 25.3 Å². The van der Waals surface area contributed by atoms with Gasteiger partial charge in [0.25, 0.3) is 0 Å². The van der Waals surface area contributed by atoms with Crippen molar-refractivity contribution < 1.29 is 14.3 Å². The molecule has 1 atom stereocenters. The fourth-order valence-electron chi connectivity index (χ4n) is 2.30. The quantitative estimate of drug-likeness (QED) is 0.863. The highest BCUT2D eigenvalue weighted by atomic mass is 79.9. The van der Waals surface area contributed by atoms with E-state index in [-0.39, 0.29) is 11.9 Å². The van der Waals surface area contributed by atoms with Crippen LogP contribution in [0.15, 0.2) is 28.7 Å². The number of hydrogen-bond acceptors (Lipinski definition) is 3. The highest BCUT2D eigenvalue weighted by molar-refractivity contribution is 9.10. The molecule has 0 bridgehead atoms. The third kappa shape index (κ3) is 3.15. The second-order valence-electron chi connectivity index (χ2n) is 4.65. The summed E-state index contributed by atoms with van der Waals surface area (Å²) in [5, 5.41) is 2.79. The van der Waals surface area contributed by atoms with Crippen molar-refractivity contribution in [3.05, 3.63) is 34.3 Å². The first-order chi connectivity index (χ1) is 9.05. The Hall–Kier alpha value is -1.36. The van der Waals surface area contributed by atoms with Gasteiger partial charge < -0.3 is 10.1 Å². The monoisotopic (exact) mass is 325 g/mol. The Bertz CT molecular complexity index is 486. The van der Waals surface area contributed by atoms with Gasteiger partial charge in [-0.2, -0.15) is 0 Å². The van der Waals surface area contributed by atoms with Crippen LogP contribution in [0.5, 0.6) is 0 Å². The summed E-state index contributed by atoms with van der Waals surface area (Å²) < 4.78 is 6.09. The molecule has 19 heavy (non-hydrogen) atoms. The first-order valence-corrected chi connectivity index (χ1v) is 7.08. The number of carbonyl (C=O) groups is 2. The largest absolute Gasteiger partial charge is 0.464 e. The van der Waals surface area contributed by atoms with Gasteiger partial charge >= 0.3 is 5.97 Å². The van der Waals surface area contributed by atoms with E-state index in [1.165, 1.54) is 0 Å². The van der Waals surface area contributed by atoms with Crippen LogP contribution in [0.2, 0.25) is 0 Å². The molecule has 1 fully saturated rings. The minimum absolute atomic E-state index is 0.0924. The summed E-state index contributed by atoms with van der Waals surface area (Å²) in [6, 6.07) is 7.72. The van der Waals surface area contributed by atoms with Crippen LogP contribution < -0.4 is 5.32 Å². The molecule has 0 aromatic heterocycles. The second-order valence-corrected chi connectivity index (χ2v) is 5.57. The van der Waals surface area contributed by atoms with Gasteiger partial charge in [-0.15, -0.1) is 0 Å². The molecular formula is C14H16BrNO3. The molecule has 1 aromatic rings. The molecule has 1 aromatic carbocycles. The lowest BCUT2D eigenvalue weighted by Gasteiger charge is -2.26. The highest BCUT2D eigenvalue weighted by Gasteiger charge is 2.45. The number of nitrogens with one attached hydrogen (secondary N) is 1. The minimum atomic E-state index is -0.902. The van der Waals surface area contributed by atoms with E-state index in [9.17, 15) is 9.59 Å². The van der Waals surface area contributed by atoms with E-state index in [1.54, 1.807) is 6.92 Å². The van der Waals surface area contributed by atoms with Crippen LogP contribution in [0.25, 0.3) is 0 Å². The Kier molecular flexibility index (Phi) is 4.24. The molecule has 1 amide bonds. The fourth-order valence-corrected chi connectivity index (χ4v) is 2.56. The number of ether oxygens (including phenoxy) is 1.